The van der Waals surface area contributed by atoms with Crippen LogP contribution in [0.25, 0.3) is 0 Å². The number of aryl methyl sites for hydroxylation is 2. The van der Waals surface area contributed by atoms with Gasteiger partial charge in [-0.3, -0.25) is 0 Å². The molecule has 108 valence electrons. The van der Waals surface area contributed by atoms with Crippen LogP contribution in [0.1, 0.15) is 22.7 Å². The molecule has 2 aromatic rings. The zero-order valence-electron chi connectivity index (χ0n) is 12.3. The predicted molar refractivity (Wildman–Crippen MR) is 84.7 cm³/mol. The molecule has 0 aliphatic rings. The van der Waals surface area contributed by atoms with Crippen molar-refractivity contribution in [3.8, 4) is 5.75 Å². The Labute approximate surface area is 125 Å². The van der Waals surface area contributed by atoms with E-state index in [4.69, 9.17) is 4.74 Å². The number of thiazole rings is 1. The van der Waals surface area contributed by atoms with Crippen LogP contribution < -0.4 is 10.1 Å². The lowest BCUT2D eigenvalue weighted by atomic mass is 10.0. The van der Waals surface area contributed by atoms with Crippen LogP contribution in [0, 0.1) is 6.92 Å². The quantitative estimate of drug-likeness (QED) is 0.850. The van der Waals surface area contributed by atoms with Crippen LogP contribution in [0.2, 0.25) is 0 Å². The molecular weight excluding hydrogens is 268 g/mol. The van der Waals surface area contributed by atoms with Gasteiger partial charge < -0.3 is 10.1 Å². The van der Waals surface area contributed by atoms with Gasteiger partial charge in [0.1, 0.15) is 5.75 Å². The average molecular weight is 290 g/mol. The molecule has 1 N–H and O–H groups in total. The summed E-state index contributed by atoms with van der Waals surface area (Å²) in [4.78, 5) is 4.54. The monoisotopic (exact) mass is 290 g/mol. The van der Waals surface area contributed by atoms with E-state index < -0.39 is 0 Å². The molecule has 0 saturated heterocycles. The third kappa shape index (κ3) is 4.32. The smallest absolute Gasteiger partial charge is 0.118 e. The van der Waals surface area contributed by atoms with Crippen molar-refractivity contribution in [2.45, 2.75) is 32.2 Å². The molecule has 2 rings (SSSR count). The molecule has 20 heavy (non-hydrogen) atoms. The standard InChI is InChI=1S/C16H22N2OS/c1-12-18-15(11-20-12)10-14(17-2)7-4-13-5-8-16(19-3)9-6-13/h5-6,8-9,11,14,17H,4,7,10H2,1-3H3. The molecule has 0 radical (unpaired) electrons. The Kier molecular flexibility index (Phi) is 5.56. The normalized spacial score (nSPS) is 12.3. The maximum atomic E-state index is 5.18. The summed E-state index contributed by atoms with van der Waals surface area (Å²) < 4.78 is 5.18. The second kappa shape index (κ2) is 7.41. The molecule has 1 heterocycles. The van der Waals surface area contributed by atoms with Crippen LogP contribution in [0.4, 0.5) is 0 Å². The number of nitrogens with one attached hydrogen (secondary N) is 1. The fourth-order valence-corrected chi connectivity index (χ4v) is 2.86. The summed E-state index contributed by atoms with van der Waals surface area (Å²) in [5.74, 6) is 0.914. The Hall–Kier alpha value is -1.39. The van der Waals surface area contributed by atoms with E-state index in [-0.39, 0.29) is 0 Å². The molecule has 0 amide bonds. The zero-order chi connectivity index (χ0) is 14.4. The summed E-state index contributed by atoms with van der Waals surface area (Å²) in [6.07, 6.45) is 3.18. The summed E-state index contributed by atoms with van der Waals surface area (Å²) in [6, 6.07) is 8.79. The molecule has 0 spiro atoms. The topological polar surface area (TPSA) is 34.1 Å². The number of methoxy groups -OCH3 is 1. The van der Waals surface area contributed by atoms with Gasteiger partial charge in [-0.25, -0.2) is 4.98 Å². The first-order valence-electron chi connectivity index (χ1n) is 6.92. The van der Waals surface area contributed by atoms with Crippen molar-refractivity contribution in [2.24, 2.45) is 0 Å². The number of hydrogen-bond donors (Lipinski definition) is 1. The zero-order valence-corrected chi connectivity index (χ0v) is 13.2. The van der Waals surface area contributed by atoms with Gasteiger partial charge in [0.05, 0.1) is 17.8 Å². The minimum Gasteiger partial charge on any atom is -0.497 e. The summed E-state index contributed by atoms with van der Waals surface area (Å²) in [6.45, 7) is 2.06. The highest BCUT2D eigenvalue weighted by molar-refractivity contribution is 7.09. The molecule has 0 fully saturated rings. The van der Waals surface area contributed by atoms with Crippen molar-refractivity contribution in [2.75, 3.05) is 14.2 Å². The van der Waals surface area contributed by atoms with E-state index in [0.29, 0.717) is 6.04 Å². The van der Waals surface area contributed by atoms with Gasteiger partial charge in [0.25, 0.3) is 0 Å². The second-order valence-corrected chi connectivity index (χ2v) is 6.00. The lowest BCUT2D eigenvalue weighted by molar-refractivity contribution is 0.414. The van der Waals surface area contributed by atoms with Crippen molar-refractivity contribution < 1.29 is 4.74 Å². The molecule has 1 atom stereocenters. The van der Waals surface area contributed by atoms with E-state index in [9.17, 15) is 0 Å². The molecule has 0 aliphatic carbocycles. The van der Waals surface area contributed by atoms with E-state index in [0.717, 1.165) is 30.0 Å². The first-order chi connectivity index (χ1) is 9.71. The van der Waals surface area contributed by atoms with Crippen molar-refractivity contribution in [1.29, 1.82) is 0 Å². The summed E-state index contributed by atoms with van der Waals surface area (Å²) in [5.41, 5.74) is 2.54. The van der Waals surface area contributed by atoms with E-state index in [2.05, 4.69) is 34.7 Å². The Balaban J connectivity index is 1.86. The maximum absolute atomic E-state index is 5.18. The molecule has 3 nitrogen and oxygen atoms in total. The van der Waals surface area contributed by atoms with Crippen LogP contribution in [0.3, 0.4) is 0 Å². The van der Waals surface area contributed by atoms with Gasteiger partial charge in [-0.15, -0.1) is 11.3 Å². The van der Waals surface area contributed by atoms with Gasteiger partial charge >= 0.3 is 0 Å². The summed E-state index contributed by atoms with van der Waals surface area (Å²) >= 11 is 1.72. The van der Waals surface area contributed by atoms with Crippen molar-refractivity contribution in [3.05, 3.63) is 45.9 Å². The van der Waals surface area contributed by atoms with Gasteiger partial charge in [-0.2, -0.15) is 0 Å². The van der Waals surface area contributed by atoms with Crippen LogP contribution in [-0.4, -0.2) is 25.2 Å². The molecule has 4 heteroatoms. The minimum atomic E-state index is 0.471. The van der Waals surface area contributed by atoms with Gasteiger partial charge in [0, 0.05) is 17.8 Å². The average Bonchev–Trinajstić information content (AvgIpc) is 2.89. The Morgan fingerprint density at radius 2 is 2.05 bits per heavy atom. The molecule has 1 aromatic heterocycles. The largest absolute Gasteiger partial charge is 0.497 e. The lowest BCUT2D eigenvalue weighted by Gasteiger charge is -2.15. The minimum absolute atomic E-state index is 0.471. The van der Waals surface area contributed by atoms with Crippen molar-refractivity contribution >= 4 is 11.3 Å². The second-order valence-electron chi connectivity index (χ2n) is 4.93. The number of hydrogen-bond acceptors (Lipinski definition) is 4. The summed E-state index contributed by atoms with van der Waals surface area (Å²) in [7, 11) is 3.72. The number of likely N-dealkylation sites (N-methyl/N-ethyl adjacent to an activating group) is 1. The van der Waals surface area contributed by atoms with Crippen molar-refractivity contribution in [1.82, 2.24) is 10.3 Å². The Morgan fingerprint density at radius 1 is 1.30 bits per heavy atom. The third-order valence-electron chi connectivity index (χ3n) is 3.47. The van der Waals surface area contributed by atoms with Crippen LogP contribution in [0.5, 0.6) is 5.75 Å². The van der Waals surface area contributed by atoms with Crippen molar-refractivity contribution in [3.63, 3.8) is 0 Å². The summed E-state index contributed by atoms with van der Waals surface area (Å²) in [5, 5.41) is 6.70. The van der Waals surface area contributed by atoms with Crippen LogP contribution in [-0.2, 0) is 12.8 Å². The Morgan fingerprint density at radius 3 is 2.60 bits per heavy atom. The predicted octanol–water partition coefficient (Wildman–Crippen LogP) is 3.22. The highest BCUT2D eigenvalue weighted by Gasteiger charge is 2.09. The highest BCUT2D eigenvalue weighted by Crippen LogP contribution is 2.15. The van der Waals surface area contributed by atoms with E-state index in [1.807, 2.05) is 19.2 Å². The molecule has 0 bridgehead atoms. The van der Waals surface area contributed by atoms with Gasteiger partial charge in [0.2, 0.25) is 0 Å². The highest BCUT2D eigenvalue weighted by atomic mass is 32.1. The molecule has 1 unspecified atom stereocenters. The number of ether oxygens (including phenoxy) is 1. The fraction of sp³-hybridized carbons (Fsp3) is 0.438. The number of benzene rings is 1. The van der Waals surface area contributed by atoms with Crippen LogP contribution >= 0.6 is 11.3 Å². The van der Waals surface area contributed by atoms with E-state index >= 15 is 0 Å². The van der Waals surface area contributed by atoms with Gasteiger partial charge in [0.15, 0.2) is 0 Å². The van der Waals surface area contributed by atoms with Gasteiger partial charge in [-0.1, -0.05) is 12.1 Å². The SMILES string of the molecule is CNC(CCc1ccc(OC)cc1)Cc1csc(C)n1. The molecule has 0 saturated carbocycles. The first kappa shape index (κ1) is 15.0. The number of nitrogens with zero attached hydrogens (tertiary/aromatic N) is 1. The van der Waals surface area contributed by atoms with E-state index in [1.165, 1.54) is 11.3 Å². The van der Waals surface area contributed by atoms with E-state index in [1.54, 1.807) is 18.4 Å². The van der Waals surface area contributed by atoms with Crippen LogP contribution in [0.15, 0.2) is 29.6 Å². The fourth-order valence-electron chi connectivity index (χ4n) is 2.24. The maximum Gasteiger partial charge on any atom is 0.118 e. The van der Waals surface area contributed by atoms with Gasteiger partial charge in [-0.05, 0) is 44.5 Å². The molecular formula is C16H22N2OS. The Bertz CT molecular complexity index is 522. The number of aromatic nitrogens is 1. The third-order valence-corrected chi connectivity index (χ3v) is 4.29. The molecule has 1 aromatic carbocycles. The molecule has 0 aliphatic heterocycles. The number of rotatable bonds is 7. The lowest BCUT2D eigenvalue weighted by Crippen LogP contribution is -2.28. The first-order valence-corrected chi connectivity index (χ1v) is 7.80.